The van der Waals surface area contributed by atoms with Gasteiger partial charge in [0.1, 0.15) is 11.5 Å². The van der Waals surface area contributed by atoms with Crippen LogP contribution in [0.1, 0.15) is 12.5 Å². The van der Waals surface area contributed by atoms with Gasteiger partial charge in [0.05, 0.1) is 0 Å². The van der Waals surface area contributed by atoms with Crippen molar-refractivity contribution < 1.29 is 19.1 Å². The third-order valence-corrected chi connectivity index (χ3v) is 3.19. The van der Waals surface area contributed by atoms with E-state index in [4.69, 9.17) is 21.1 Å². The molecule has 0 fully saturated rings. The second kappa shape index (κ2) is 6.95. The van der Waals surface area contributed by atoms with Gasteiger partial charge in [0, 0.05) is 23.7 Å². The molecule has 1 amide bonds. The third-order valence-electron chi connectivity index (χ3n) is 2.78. The number of ether oxygens (including phenoxy) is 2. The van der Waals surface area contributed by atoms with Crippen molar-refractivity contribution in [3.05, 3.63) is 53.1 Å². The summed E-state index contributed by atoms with van der Waals surface area (Å²) >= 11 is 5.99. The van der Waals surface area contributed by atoms with Gasteiger partial charge in [0.15, 0.2) is 0 Å². The average Bonchev–Trinajstić information content (AvgIpc) is 2.43. The van der Waals surface area contributed by atoms with Gasteiger partial charge in [-0.2, -0.15) is 0 Å². The number of anilines is 1. The number of halogens is 1. The number of carbonyl (C=O) groups is 2. The standard InChI is InChI=1S/C16H14ClNO4/c1-10-14(17)7-4-8-15(10)18-16(20)22-13-6-3-5-12(9-13)21-11(2)19/h3-9H,1-2H3,(H,18,20). The van der Waals surface area contributed by atoms with Gasteiger partial charge < -0.3 is 9.47 Å². The predicted molar refractivity (Wildman–Crippen MR) is 83.6 cm³/mol. The van der Waals surface area contributed by atoms with E-state index in [0.717, 1.165) is 5.56 Å². The van der Waals surface area contributed by atoms with Gasteiger partial charge in [-0.3, -0.25) is 10.1 Å². The number of hydrogen-bond acceptors (Lipinski definition) is 4. The fourth-order valence-corrected chi connectivity index (χ4v) is 1.93. The number of hydrogen-bond donors (Lipinski definition) is 1. The molecule has 0 spiro atoms. The monoisotopic (exact) mass is 319 g/mol. The smallest absolute Gasteiger partial charge is 0.417 e. The average molecular weight is 320 g/mol. The SMILES string of the molecule is CC(=O)Oc1cccc(OC(=O)Nc2cccc(Cl)c2C)c1. The van der Waals surface area contributed by atoms with Crippen LogP contribution in [0.2, 0.25) is 5.02 Å². The summed E-state index contributed by atoms with van der Waals surface area (Å²) in [5.41, 5.74) is 1.31. The van der Waals surface area contributed by atoms with Gasteiger partial charge in [0.2, 0.25) is 0 Å². The van der Waals surface area contributed by atoms with E-state index < -0.39 is 12.1 Å². The maximum absolute atomic E-state index is 11.9. The number of benzene rings is 2. The second-order valence-electron chi connectivity index (χ2n) is 4.50. The van der Waals surface area contributed by atoms with Crippen molar-refractivity contribution in [1.29, 1.82) is 0 Å². The van der Waals surface area contributed by atoms with Crippen LogP contribution in [-0.2, 0) is 4.79 Å². The Hall–Kier alpha value is -2.53. The zero-order valence-electron chi connectivity index (χ0n) is 12.1. The minimum atomic E-state index is -0.662. The van der Waals surface area contributed by atoms with E-state index in [1.807, 2.05) is 0 Å². The zero-order chi connectivity index (χ0) is 16.1. The first kappa shape index (κ1) is 15.9. The highest BCUT2D eigenvalue weighted by Gasteiger charge is 2.09. The maximum atomic E-state index is 11.9. The fraction of sp³-hybridized carbons (Fsp3) is 0.125. The highest BCUT2D eigenvalue weighted by atomic mass is 35.5. The van der Waals surface area contributed by atoms with E-state index in [0.29, 0.717) is 16.5 Å². The minimum Gasteiger partial charge on any atom is -0.427 e. The molecule has 6 heteroatoms. The number of amides is 1. The summed E-state index contributed by atoms with van der Waals surface area (Å²) in [5, 5.41) is 3.16. The van der Waals surface area contributed by atoms with E-state index >= 15 is 0 Å². The van der Waals surface area contributed by atoms with Crippen LogP contribution in [0.5, 0.6) is 11.5 Å². The van der Waals surface area contributed by atoms with Crippen molar-refractivity contribution in [3.8, 4) is 11.5 Å². The quantitative estimate of drug-likeness (QED) is 0.680. The lowest BCUT2D eigenvalue weighted by Crippen LogP contribution is -2.17. The molecule has 114 valence electrons. The molecular weight excluding hydrogens is 306 g/mol. The Kier molecular flexibility index (Phi) is 5.01. The molecule has 0 atom stereocenters. The van der Waals surface area contributed by atoms with Crippen molar-refractivity contribution >= 4 is 29.4 Å². The summed E-state index contributed by atoms with van der Waals surface area (Å²) in [6, 6.07) is 11.4. The molecule has 2 aromatic carbocycles. The predicted octanol–water partition coefficient (Wildman–Crippen LogP) is 4.18. The molecule has 1 N–H and O–H groups in total. The molecule has 0 aliphatic rings. The van der Waals surface area contributed by atoms with E-state index in [-0.39, 0.29) is 5.75 Å². The summed E-state index contributed by atoms with van der Waals surface area (Å²) in [7, 11) is 0. The van der Waals surface area contributed by atoms with Gasteiger partial charge in [-0.1, -0.05) is 23.7 Å². The molecule has 0 aliphatic heterocycles. The number of nitrogens with one attached hydrogen (secondary N) is 1. The molecule has 0 aliphatic carbocycles. The molecule has 5 nitrogen and oxygen atoms in total. The van der Waals surface area contributed by atoms with Crippen LogP contribution in [0.3, 0.4) is 0 Å². The molecule has 0 radical (unpaired) electrons. The van der Waals surface area contributed by atoms with Crippen LogP contribution in [0.25, 0.3) is 0 Å². The molecule has 2 rings (SSSR count). The number of carbonyl (C=O) groups excluding carboxylic acids is 2. The Labute approximate surface area is 132 Å². The summed E-state index contributed by atoms with van der Waals surface area (Å²) in [6.45, 7) is 3.08. The molecule has 0 unspecified atom stereocenters. The van der Waals surface area contributed by atoms with Gasteiger partial charge in [-0.05, 0) is 36.8 Å². The molecule has 2 aromatic rings. The molecule has 0 heterocycles. The van der Waals surface area contributed by atoms with Crippen LogP contribution in [0, 0.1) is 6.92 Å². The highest BCUT2D eigenvalue weighted by Crippen LogP contribution is 2.24. The van der Waals surface area contributed by atoms with Crippen LogP contribution in [0.15, 0.2) is 42.5 Å². The van der Waals surface area contributed by atoms with Gasteiger partial charge in [-0.25, -0.2) is 4.79 Å². The molecule has 0 saturated carbocycles. The summed E-state index contributed by atoms with van der Waals surface area (Å²) < 4.78 is 10.1. The Morgan fingerprint density at radius 2 is 1.68 bits per heavy atom. The minimum absolute atomic E-state index is 0.260. The first-order valence-corrected chi connectivity index (χ1v) is 6.86. The highest BCUT2D eigenvalue weighted by molar-refractivity contribution is 6.31. The molecule has 0 bridgehead atoms. The van der Waals surface area contributed by atoms with E-state index in [1.165, 1.54) is 13.0 Å². The Balaban J connectivity index is 2.06. The van der Waals surface area contributed by atoms with Gasteiger partial charge >= 0.3 is 12.1 Å². The van der Waals surface area contributed by atoms with Crippen molar-refractivity contribution in [3.63, 3.8) is 0 Å². The van der Waals surface area contributed by atoms with Crippen molar-refractivity contribution in [2.45, 2.75) is 13.8 Å². The molecule has 0 saturated heterocycles. The zero-order valence-corrected chi connectivity index (χ0v) is 12.8. The summed E-state index contributed by atoms with van der Waals surface area (Å²) in [4.78, 5) is 22.8. The van der Waals surface area contributed by atoms with Crippen molar-refractivity contribution in [1.82, 2.24) is 0 Å². The second-order valence-corrected chi connectivity index (χ2v) is 4.90. The van der Waals surface area contributed by atoms with E-state index in [9.17, 15) is 9.59 Å². The first-order valence-electron chi connectivity index (χ1n) is 6.48. The van der Waals surface area contributed by atoms with Crippen molar-refractivity contribution in [2.24, 2.45) is 0 Å². The summed E-state index contributed by atoms with van der Waals surface area (Å²) in [6.07, 6.45) is -0.662. The van der Waals surface area contributed by atoms with Crippen molar-refractivity contribution in [2.75, 3.05) is 5.32 Å². The summed E-state index contributed by atoms with van der Waals surface area (Å²) in [5.74, 6) is 0.115. The largest absolute Gasteiger partial charge is 0.427 e. The van der Waals surface area contributed by atoms with Gasteiger partial charge in [0.25, 0.3) is 0 Å². The Morgan fingerprint density at radius 1 is 1.05 bits per heavy atom. The topological polar surface area (TPSA) is 64.6 Å². The van der Waals surface area contributed by atoms with Gasteiger partial charge in [-0.15, -0.1) is 0 Å². The molecular formula is C16H14ClNO4. The maximum Gasteiger partial charge on any atom is 0.417 e. The lowest BCUT2D eigenvalue weighted by Gasteiger charge is -2.10. The molecule has 22 heavy (non-hydrogen) atoms. The number of rotatable bonds is 3. The normalized spacial score (nSPS) is 9.95. The van der Waals surface area contributed by atoms with Crippen LogP contribution in [0.4, 0.5) is 10.5 Å². The Morgan fingerprint density at radius 3 is 2.36 bits per heavy atom. The first-order chi connectivity index (χ1) is 10.5. The number of esters is 1. The van der Waals surface area contributed by atoms with E-state index in [2.05, 4.69) is 5.32 Å². The third kappa shape index (κ3) is 4.23. The molecule has 0 aromatic heterocycles. The van der Waals surface area contributed by atoms with Crippen LogP contribution < -0.4 is 14.8 Å². The van der Waals surface area contributed by atoms with E-state index in [1.54, 1.807) is 43.3 Å². The Bertz CT molecular complexity index is 715. The lowest BCUT2D eigenvalue weighted by atomic mass is 10.2. The van der Waals surface area contributed by atoms with Crippen LogP contribution in [-0.4, -0.2) is 12.1 Å². The fourth-order valence-electron chi connectivity index (χ4n) is 1.75. The van der Waals surface area contributed by atoms with Crippen LogP contribution >= 0.6 is 11.6 Å². The lowest BCUT2D eigenvalue weighted by molar-refractivity contribution is -0.131.